The zero-order valence-electron chi connectivity index (χ0n) is 12.1. The summed E-state index contributed by atoms with van der Waals surface area (Å²) in [5, 5.41) is 3.14. The minimum atomic E-state index is -4.25. The predicted molar refractivity (Wildman–Crippen MR) is 74.1 cm³/mol. The summed E-state index contributed by atoms with van der Waals surface area (Å²) in [5.74, 6) is 0.987. The van der Waals surface area contributed by atoms with Crippen LogP contribution in [0.3, 0.4) is 0 Å². The molecule has 0 bridgehead atoms. The molecular formula is C13H21F3N4. The minimum absolute atomic E-state index is 0.247. The van der Waals surface area contributed by atoms with Gasteiger partial charge in [0.2, 0.25) is 0 Å². The van der Waals surface area contributed by atoms with E-state index in [4.69, 9.17) is 0 Å². The van der Waals surface area contributed by atoms with Gasteiger partial charge in [0, 0.05) is 18.7 Å². The van der Waals surface area contributed by atoms with Gasteiger partial charge in [-0.2, -0.15) is 13.2 Å². The fraction of sp³-hybridized carbons (Fsp3) is 0.692. The fourth-order valence-corrected chi connectivity index (χ4v) is 1.95. The van der Waals surface area contributed by atoms with Crippen molar-refractivity contribution in [3.8, 4) is 0 Å². The highest BCUT2D eigenvalue weighted by molar-refractivity contribution is 5.58. The van der Waals surface area contributed by atoms with Crippen LogP contribution >= 0.6 is 0 Å². The number of alkyl halides is 3. The summed E-state index contributed by atoms with van der Waals surface area (Å²) in [7, 11) is 0. The molecule has 0 aromatic carbocycles. The van der Waals surface area contributed by atoms with Gasteiger partial charge in [0.15, 0.2) is 0 Å². The third kappa shape index (κ3) is 4.54. The standard InChI is InChI=1S/C13H21F3N4/c1-4-7-17-11-10(5-2)12(19-9-18-11)20(6-3)8-13(14,15)16/h9H,4-8H2,1-3H3,(H,17,18,19). The molecule has 1 rings (SSSR count). The van der Waals surface area contributed by atoms with Crippen molar-refractivity contribution in [2.75, 3.05) is 29.9 Å². The number of rotatable bonds is 7. The van der Waals surface area contributed by atoms with Crippen LogP contribution in [0.1, 0.15) is 32.8 Å². The molecule has 1 heterocycles. The highest BCUT2D eigenvalue weighted by atomic mass is 19.4. The second-order valence-corrected chi connectivity index (χ2v) is 4.43. The molecule has 20 heavy (non-hydrogen) atoms. The van der Waals surface area contributed by atoms with Gasteiger partial charge in [-0.25, -0.2) is 9.97 Å². The summed E-state index contributed by atoms with van der Waals surface area (Å²) in [6, 6.07) is 0. The highest BCUT2D eigenvalue weighted by Crippen LogP contribution is 2.27. The summed E-state index contributed by atoms with van der Waals surface area (Å²) < 4.78 is 37.8. The molecule has 0 amide bonds. The second kappa shape index (κ2) is 7.31. The summed E-state index contributed by atoms with van der Waals surface area (Å²) >= 11 is 0. The van der Waals surface area contributed by atoms with Crippen LogP contribution in [-0.4, -0.2) is 35.8 Å². The Labute approximate surface area is 117 Å². The topological polar surface area (TPSA) is 41.1 Å². The van der Waals surface area contributed by atoms with Crippen molar-refractivity contribution in [2.24, 2.45) is 0 Å². The van der Waals surface area contributed by atoms with Gasteiger partial charge < -0.3 is 10.2 Å². The number of halogens is 3. The van der Waals surface area contributed by atoms with Gasteiger partial charge >= 0.3 is 6.18 Å². The number of anilines is 2. The summed E-state index contributed by atoms with van der Waals surface area (Å²) in [6.07, 6.45) is -1.44. The zero-order chi connectivity index (χ0) is 15.2. The van der Waals surface area contributed by atoms with E-state index in [-0.39, 0.29) is 6.54 Å². The van der Waals surface area contributed by atoms with Gasteiger partial charge in [-0.05, 0) is 19.8 Å². The maximum Gasteiger partial charge on any atom is 0.405 e. The van der Waals surface area contributed by atoms with E-state index >= 15 is 0 Å². The van der Waals surface area contributed by atoms with E-state index in [0.29, 0.717) is 18.1 Å². The molecule has 0 aliphatic heterocycles. The van der Waals surface area contributed by atoms with Crippen LogP contribution < -0.4 is 10.2 Å². The van der Waals surface area contributed by atoms with Crippen LogP contribution in [0.2, 0.25) is 0 Å². The van der Waals surface area contributed by atoms with Gasteiger partial charge in [-0.1, -0.05) is 13.8 Å². The van der Waals surface area contributed by atoms with E-state index < -0.39 is 12.7 Å². The van der Waals surface area contributed by atoms with Crippen LogP contribution in [0.5, 0.6) is 0 Å². The summed E-state index contributed by atoms with van der Waals surface area (Å²) in [4.78, 5) is 9.41. The zero-order valence-corrected chi connectivity index (χ0v) is 12.1. The molecule has 0 saturated heterocycles. The van der Waals surface area contributed by atoms with E-state index in [0.717, 1.165) is 18.5 Å². The van der Waals surface area contributed by atoms with E-state index in [9.17, 15) is 13.2 Å². The van der Waals surface area contributed by atoms with E-state index in [2.05, 4.69) is 15.3 Å². The molecule has 0 atom stereocenters. The number of nitrogens with zero attached hydrogens (tertiary/aromatic N) is 3. The molecule has 1 aromatic rings. The molecule has 0 aliphatic carbocycles. The Kier molecular flexibility index (Phi) is 6.04. The molecule has 1 N–H and O–H groups in total. The van der Waals surface area contributed by atoms with Crippen LogP contribution in [0.15, 0.2) is 6.33 Å². The van der Waals surface area contributed by atoms with Crippen molar-refractivity contribution in [3.63, 3.8) is 0 Å². The average Bonchev–Trinajstić information content (AvgIpc) is 2.41. The smallest absolute Gasteiger partial charge is 0.370 e. The monoisotopic (exact) mass is 290 g/mol. The van der Waals surface area contributed by atoms with Crippen molar-refractivity contribution in [2.45, 2.75) is 39.8 Å². The Balaban J connectivity index is 3.08. The van der Waals surface area contributed by atoms with Crippen LogP contribution in [0, 0.1) is 0 Å². The Hall–Kier alpha value is -1.53. The highest BCUT2D eigenvalue weighted by Gasteiger charge is 2.31. The largest absolute Gasteiger partial charge is 0.405 e. The molecule has 0 fully saturated rings. The molecule has 0 spiro atoms. The number of hydrogen-bond donors (Lipinski definition) is 1. The van der Waals surface area contributed by atoms with E-state index in [1.165, 1.54) is 11.2 Å². The maximum atomic E-state index is 12.6. The second-order valence-electron chi connectivity index (χ2n) is 4.43. The molecule has 114 valence electrons. The molecule has 4 nitrogen and oxygen atoms in total. The number of nitrogens with one attached hydrogen (secondary N) is 1. The van der Waals surface area contributed by atoms with Gasteiger partial charge in [0.25, 0.3) is 0 Å². The van der Waals surface area contributed by atoms with Crippen LogP contribution in [-0.2, 0) is 6.42 Å². The maximum absolute atomic E-state index is 12.6. The molecule has 0 radical (unpaired) electrons. The quantitative estimate of drug-likeness (QED) is 0.837. The van der Waals surface area contributed by atoms with Crippen molar-refractivity contribution in [3.05, 3.63) is 11.9 Å². The first-order valence-corrected chi connectivity index (χ1v) is 6.82. The predicted octanol–water partition coefficient (Wildman–Crippen LogP) is 3.25. The summed E-state index contributed by atoms with van der Waals surface area (Å²) in [6.45, 7) is 5.57. The van der Waals surface area contributed by atoms with Gasteiger partial charge in [-0.3, -0.25) is 0 Å². The van der Waals surface area contributed by atoms with Crippen LogP contribution in [0.4, 0.5) is 24.8 Å². The Morgan fingerprint density at radius 2 is 1.90 bits per heavy atom. The lowest BCUT2D eigenvalue weighted by Gasteiger charge is -2.26. The van der Waals surface area contributed by atoms with Gasteiger partial charge in [0.05, 0.1) is 0 Å². The molecule has 0 saturated carbocycles. The van der Waals surface area contributed by atoms with Crippen molar-refractivity contribution in [1.29, 1.82) is 0 Å². The minimum Gasteiger partial charge on any atom is -0.370 e. The van der Waals surface area contributed by atoms with E-state index in [1.54, 1.807) is 6.92 Å². The number of aromatic nitrogens is 2. The van der Waals surface area contributed by atoms with Crippen molar-refractivity contribution >= 4 is 11.6 Å². The van der Waals surface area contributed by atoms with Gasteiger partial charge in [0.1, 0.15) is 24.5 Å². The first kappa shape index (κ1) is 16.5. The molecule has 1 aromatic heterocycles. The van der Waals surface area contributed by atoms with Crippen molar-refractivity contribution in [1.82, 2.24) is 9.97 Å². The first-order valence-electron chi connectivity index (χ1n) is 6.82. The van der Waals surface area contributed by atoms with Gasteiger partial charge in [-0.15, -0.1) is 0 Å². The lowest BCUT2D eigenvalue weighted by Crippen LogP contribution is -2.35. The lowest BCUT2D eigenvalue weighted by molar-refractivity contribution is -0.119. The van der Waals surface area contributed by atoms with E-state index in [1.807, 2.05) is 13.8 Å². The lowest BCUT2D eigenvalue weighted by atomic mass is 10.2. The average molecular weight is 290 g/mol. The number of hydrogen-bond acceptors (Lipinski definition) is 4. The fourth-order valence-electron chi connectivity index (χ4n) is 1.95. The summed E-state index contributed by atoms with van der Waals surface area (Å²) in [5.41, 5.74) is 0.729. The molecule has 0 unspecified atom stereocenters. The molecule has 0 aliphatic rings. The Morgan fingerprint density at radius 1 is 1.20 bits per heavy atom. The van der Waals surface area contributed by atoms with Crippen LogP contribution in [0.25, 0.3) is 0 Å². The van der Waals surface area contributed by atoms with Crippen molar-refractivity contribution < 1.29 is 13.2 Å². The SMILES string of the molecule is CCCNc1ncnc(N(CC)CC(F)(F)F)c1CC. The molecule has 7 heteroatoms. The normalized spacial score (nSPS) is 11.5. The third-order valence-corrected chi connectivity index (χ3v) is 2.87. The first-order chi connectivity index (χ1) is 9.42. The Bertz CT molecular complexity index is 421. The molecular weight excluding hydrogens is 269 g/mol. The third-order valence-electron chi connectivity index (χ3n) is 2.87. The Morgan fingerprint density at radius 3 is 2.40 bits per heavy atom.